The normalized spacial score (nSPS) is 11.2. The number of fused-ring (bicyclic) bond motifs is 1. The molecule has 78 valence electrons. The van der Waals surface area contributed by atoms with Crippen molar-refractivity contribution in [2.45, 2.75) is 19.8 Å². The van der Waals surface area contributed by atoms with Gasteiger partial charge in [-0.25, -0.2) is 9.37 Å². The molecule has 2 nitrogen and oxygen atoms in total. The summed E-state index contributed by atoms with van der Waals surface area (Å²) in [5.74, 6) is -0.0642. The summed E-state index contributed by atoms with van der Waals surface area (Å²) in [6.07, 6.45) is 0. The monoisotopic (exact) mass is 204 g/mol. The van der Waals surface area contributed by atoms with Crippen molar-refractivity contribution in [2.75, 3.05) is 5.73 Å². The lowest BCUT2D eigenvalue weighted by atomic mass is 10.0. The van der Waals surface area contributed by atoms with Crippen molar-refractivity contribution >= 4 is 16.7 Å². The van der Waals surface area contributed by atoms with Crippen LogP contribution in [0.2, 0.25) is 0 Å². The van der Waals surface area contributed by atoms with Gasteiger partial charge in [0.15, 0.2) is 11.6 Å². The number of rotatable bonds is 1. The van der Waals surface area contributed by atoms with Crippen LogP contribution in [-0.2, 0) is 0 Å². The van der Waals surface area contributed by atoms with Gasteiger partial charge in [0.25, 0.3) is 0 Å². The van der Waals surface area contributed by atoms with Crippen LogP contribution in [0.4, 0.5) is 10.2 Å². The van der Waals surface area contributed by atoms with Gasteiger partial charge < -0.3 is 5.73 Å². The number of nitrogens with two attached hydrogens (primary N) is 1. The van der Waals surface area contributed by atoms with Crippen LogP contribution in [0.25, 0.3) is 10.9 Å². The highest BCUT2D eigenvalue weighted by Crippen LogP contribution is 2.22. The molecule has 0 spiro atoms. The van der Waals surface area contributed by atoms with Crippen LogP contribution < -0.4 is 5.73 Å². The molecular formula is C12H13FN2. The Morgan fingerprint density at radius 2 is 2.00 bits per heavy atom. The lowest BCUT2D eigenvalue weighted by Gasteiger charge is -2.07. The Morgan fingerprint density at radius 1 is 1.27 bits per heavy atom. The molecule has 0 saturated heterocycles. The number of halogens is 1. The first-order valence-electron chi connectivity index (χ1n) is 4.93. The molecular weight excluding hydrogens is 191 g/mol. The maximum atomic E-state index is 13.1. The molecule has 0 unspecified atom stereocenters. The van der Waals surface area contributed by atoms with Gasteiger partial charge in [-0.15, -0.1) is 0 Å². The number of nitrogens with zero attached hydrogens (tertiary/aromatic N) is 1. The van der Waals surface area contributed by atoms with Crippen LogP contribution in [0.5, 0.6) is 0 Å². The summed E-state index contributed by atoms with van der Waals surface area (Å²) in [7, 11) is 0. The second-order valence-corrected chi connectivity index (χ2v) is 3.96. The van der Waals surface area contributed by atoms with Crippen molar-refractivity contribution < 1.29 is 4.39 Å². The smallest absolute Gasteiger partial charge is 0.165 e. The first kappa shape index (κ1) is 9.90. The number of aromatic nitrogens is 1. The molecule has 0 aliphatic heterocycles. The highest BCUT2D eigenvalue weighted by molar-refractivity contribution is 5.81. The molecule has 1 aromatic carbocycles. The van der Waals surface area contributed by atoms with Crippen molar-refractivity contribution in [3.63, 3.8) is 0 Å². The van der Waals surface area contributed by atoms with E-state index in [0.29, 0.717) is 5.92 Å². The van der Waals surface area contributed by atoms with Gasteiger partial charge >= 0.3 is 0 Å². The lowest BCUT2D eigenvalue weighted by Crippen LogP contribution is -1.96. The predicted octanol–water partition coefficient (Wildman–Crippen LogP) is 3.08. The summed E-state index contributed by atoms with van der Waals surface area (Å²) >= 11 is 0. The highest BCUT2D eigenvalue weighted by Gasteiger charge is 2.05. The van der Waals surface area contributed by atoms with E-state index >= 15 is 0 Å². The Balaban J connectivity index is 2.66. The van der Waals surface area contributed by atoms with Crippen molar-refractivity contribution in [1.82, 2.24) is 4.98 Å². The van der Waals surface area contributed by atoms with E-state index in [1.54, 1.807) is 0 Å². The average Bonchev–Trinajstić information content (AvgIpc) is 2.19. The minimum atomic E-state index is -0.459. The van der Waals surface area contributed by atoms with Crippen LogP contribution in [0.3, 0.4) is 0 Å². The zero-order chi connectivity index (χ0) is 11.0. The zero-order valence-electron chi connectivity index (χ0n) is 8.79. The van der Waals surface area contributed by atoms with Crippen molar-refractivity contribution in [1.29, 1.82) is 0 Å². The largest absolute Gasteiger partial charge is 0.381 e. The van der Waals surface area contributed by atoms with Crippen LogP contribution in [0.15, 0.2) is 24.3 Å². The number of benzene rings is 1. The molecule has 0 amide bonds. The van der Waals surface area contributed by atoms with E-state index in [2.05, 4.69) is 18.8 Å². The van der Waals surface area contributed by atoms with Crippen molar-refractivity contribution in [3.05, 3.63) is 35.6 Å². The Bertz CT molecular complexity index is 506. The van der Waals surface area contributed by atoms with Gasteiger partial charge in [0.05, 0.1) is 5.52 Å². The van der Waals surface area contributed by atoms with Gasteiger partial charge in [0, 0.05) is 5.39 Å². The van der Waals surface area contributed by atoms with Crippen LogP contribution in [0.1, 0.15) is 25.3 Å². The Hall–Kier alpha value is -1.64. The molecule has 0 saturated carbocycles. The van der Waals surface area contributed by atoms with E-state index in [1.165, 1.54) is 11.6 Å². The van der Waals surface area contributed by atoms with Crippen molar-refractivity contribution in [2.24, 2.45) is 0 Å². The molecule has 1 heterocycles. The maximum Gasteiger partial charge on any atom is 0.165 e. The third kappa shape index (κ3) is 1.77. The number of hydrogen-bond acceptors (Lipinski definition) is 2. The van der Waals surface area contributed by atoms with Gasteiger partial charge in [0.1, 0.15) is 0 Å². The van der Waals surface area contributed by atoms with Crippen molar-refractivity contribution in [3.8, 4) is 0 Å². The molecule has 2 aromatic rings. The molecule has 2 N–H and O–H groups in total. The quantitative estimate of drug-likeness (QED) is 0.775. The first-order valence-corrected chi connectivity index (χ1v) is 4.93. The summed E-state index contributed by atoms with van der Waals surface area (Å²) < 4.78 is 13.1. The molecule has 0 bridgehead atoms. The Morgan fingerprint density at radius 3 is 2.67 bits per heavy atom. The third-order valence-corrected chi connectivity index (χ3v) is 2.49. The van der Waals surface area contributed by atoms with E-state index in [1.807, 2.05) is 18.2 Å². The fourth-order valence-corrected chi connectivity index (χ4v) is 1.53. The standard InChI is InChI=1S/C12H13FN2/c1-7(2)8-3-4-9-5-10(13)12(14)15-11(9)6-8/h3-7H,1-2H3,(H2,14,15). The number of nitrogen functional groups attached to an aromatic ring is 1. The zero-order valence-corrected chi connectivity index (χ0v) is 8.79. The second kappa shape index (κ2) is 3.50. The molecule has 1 aromatic heterocycles. The van der Waals surface area contributed by atoms with Gasteiger partial charge in [-0.1, -0.05) is 26.0 Å². The van der Waals surface area contributed by atoms with E-state index in [0.717, 1.165) is 10.9 Å². The average molecular weight is 204 g/mol. The van der Waals surface area contributed by atoms with Gasteiger partial charge in [0.2, 0.25) is 0 Å². The molecule has 15 heavy (non-hydrogen) atoms. The van der Waals surface area contributed by atoms with Gasteiger partial charge in [-0.05, 0) is 23.6 Å². The molecule has 0 fully saturated rings. The first-order chi connectivity index (χ1) is 7.08. The van der Waals surface area contributed by atoms with E-state index in [9.17, 15) is 4.39 Å². The fraction of sp³-hybridized carbons (Fsp3) is 0.250. The second-order valence-electron chi connectivity index (χ2n) is 3.96. The van der Waals surface area contributed by atoms with Gasteiger partial charge in [-0.2, -0.15) is 0 Å². The number of hydrogen-bond donors (Lipinski definition) is 1. The van der Waals surface area contributed by atoms with E-state index in [4.69, 9.17) is 5.73 Å². The molecule has 2 rings (SSSR count). The fourth-order valence-electron chi connectivity index (χ4n) is 1.53. The maximum absolute atomic E-state index is 13.1. The van der Waals surface area contributed by atoms with Gasteiger partial charge in [-0.3, -0.25) is 0 Å². The molecule has 0 atom stereocenters. The number of anilines is 1. The number of pyridine rings is 1. The summed E-state index contributed by atoms with van der Waals surface area (Å²) in [4.78, 5) is 4.02. The molecule has 0 aliphatic rings. The summed E-state index contributed by atoms with van der Waals surface area (Å²) in [5, 5.41) is 0.783. The third-order valence-electron chi connectivity index (χ3n) is 2.49. The summed E-state index contributed by atoms with van der Waals surface area (Å²) in [6, 6.07) is 7.24. The van der Waals surface area contributed by atoms with E-state index in [-0.39, 0.29) is 5.82 Å². The Kier molecular flexibility index (Phi) is 2.31. The SMILES string of the molecule is CC(C)c1ccc2cc(F)c(N)nc2c1. The topological polar surface area (TPSA) is 38.9 Å². The molecule has 0 radical (unpaired) electrons. The van der Waals surface area contributed by atoms with E-state index < -0.39 is 5.82 Å². The Labute approximate surface area is 87.9 Å². The van der Waals surface area contributed by atoms with Crippen LogP contribution in [-0.4, -0.2) is 4.98 Å². The minimum absolute atomic E-state index is 0.0385. The van der Waals surface area contributed by atoms with Crippen LogP contribution in [0, 0.1) is 5.82 Å². The van der Waals surface area contributed by atoms with Crippen LogP contribution >= 0.6 is 0 Å². The molecule has 0 aliphatic carbocycles. The summed E-state index contributed by atoms with van der Waals surface area (Å²) in [6.45, 7) is 4.21. The molecule has 3 heteroatoms. The highest BCUT2D eigenvalue weighted by atomic mass is 19.1. The summed E-state index contributed by atoms with van der Waals surface area (Å²) in [5.41, 5.74) is 7.36. The predicted molar refractivity (Wildman–Crippen MR) is 60.2 cm³/mol. The lowest BCUT2D eigenvalue weighted by molar-refractivity contribution is 0.630. The minimum Gasteiger partial charge on any atom is -0.381 e.